The maximum Gasteiger partial charge on any atom is 0.317 e. The van der Waals surface area contributed by atoms with Gasteiger partial charge in [0.2, 0.25) is 5.91 Å². The van der Waals surface area contributed by atoms with Crippen molar-refractivity contribution in [3.63, 3.8) is 0 Å². The van der Waals surface area contributed by atoms with E-state index in [1.165, 1.54) is 0 Å². The predicted octanol–water partition coefficient (Wildman–Crippen LogP) is 1.68. The van der Waals surface area contributed by atoms with Crippen LogP contribution in [0, 0.1) is 17.8 Å². The number of amides is 3. The molecular formula is C17H31N3O4. The molecule has 2 unspecified atom stereocenters. The van der Waals surface area contributed by atoms with Crippen LogP contribution in [0.15, 0.2) is 0 Å². The van der Waals surface area contributed by atoms with Crippen LogP contribution < -0.4 is 10.6 Å². The molecule has 7 heteroatoms. The van der Waals surface area contributed by atoms with Gasteiger partial charge < -0.3 is 20.6 Å². The summed E-state index contributed by atoms with van der Waals surface area (Å²) in [5, 5.41) is 14.4. The minimum absolute atomic E-state index is 0.0491. The third-order valence-corrected chi connectivity index (χ3v) is 4.11. The highest BCUT2D eigenvalue weighted by Crippen LogP contribution is 2.19. The normalized spacial score (nSPS) is 19.0. The number of likely N-dealkylation sites (tertiary alicyclic amines) is 1. The highest BCUT2D eigenvalue weighted by Gasteiger charge is 2.25. The average molecular weight is 341 g/mol. The third kappa shape index (κ3) is 8.17. The molecule has 1 aliphatic heterocycles. The van der Waals surface area contributed by atoms with Crippen LogP contribution in [-0.2, 0) is 9.59 Å². The fourth-order valence-electron chi connectivity index (χ4n) is 2.81. The van der Waals surface area contributed by atoms with Crippen molar-refractivity contribution in [2.75, 3.05) is 26.2 Å². The molecule has 1 aliphatic rings. The summed E-state index contributed by atoms with van der Waals surface area (Å²) < 4.78 is 0. The number of urea groups is 1. The van der Waals surface area contributed by atoms with Crippen LogP contribution in [-0.4, -0.2) is 54.1 Å². The van der Waals surface area contributed by atoms with Gasteiger partial charge in [-0.2, -0.15) is 0 Å². The lowest BCUT2D eigenvalue weighted by atomic mass is 9.94. The molecule has 0 radical (unpaired) electrons. The second-order valence-electron chi connectivity index (χ2n) is 7.25. The Bertz CT molecular complexity index is 440. The second kappa shape index (κ2) is 10.2. The summed E-state index contributed by atoms with van der Waals surface area (Å²) in [6, 6.07) is -0.0520. The van der Waals surface area contributed by atoms with Crippen molar-refractivity contribution in [1.29, 1.82) is 0 Å². The molecule has 3 amide bonds. The Hall–Kier alpha value is -1.79. The Morgan fingerprint density at radius 1 is 1.17 bits per heavy atom. The highest BCUT2D eigenvalue weighted by atomic mass is 16.4. The van der Waals surface area contributed by atoms with Gasteiger partial charge in [0.05, 0.1) is 0 Å². The van der Waals surface area contributed by atoms with Crippen molar-refractivity contribution < 1.29 is 19.5 Å². The van der Waals surface area contributed by atoms with Gasteiger partial charge in [-0.25, -0.2) is 4.79 Å². The molecule has 0 bridgehead atoms. The summed E-state index contributed by atoms with van der Waals surface area (Å²) in [7, 11) is 0. The van der Waals surface area contributed by atoms with Gasteiger partial charge in [0.25, 0.3) is 0 Å². The van der Waals surface area contributed by atoms with Crippen LogP contribution >= 0.6 is 0 Å². The standard InChI is InChI=1S/C17H31N3O4/c1-12(2)9-19-17(24)20-6-4-5-14(11-20)8-15(21)18-10-13(3)7-16(22)23/h12-14H,4-11H2,1-3H3,(H,18,21)(H,19,24)(H,22,23). The third-order valence-electron chi connectivity index (χ3n) is 4.11. The highest BCUT2D eigenvalue weighted by molar-refractivity contribution is 5.77. The monoisotopic (exact) mass is 341 g/mol. The number of hydrogen-bond acceptors (Lipinski definition) is 3. The number of hydrogen-bond donors (Lipinski definition) is 3. The summed E-state index contributed by atoms with van der Waals surface area (Å²) in [6.07, 6.45) is 2.27. The molecule has 3 N–H and O–H groups in total. The van der Waals surface area contributed by atoms with Crippen molar-refractivity contribution in [3.05, 3.63) is 0 Å². The zero-order valence-corrected chi connectivity index (χ0v) is 15.0. The minimum atomic E-state index is -0.855. The number of piperidine rings is 1. The second-order valence-corrected chi connectivity index (χ2v) is 7.25. The van der Waals surface area contributed by atoms with E-state index < -0.39 is 5.97 Å². The Morgan fingerprint density at radius 3 is 2.50 bits per heavy atom. The zero-order chi connectivity index (χ0) is 18.1. The number of nitrogens with zero attached hydrogens (tertiary/aromatic N) is 1. The van der Waals surface area contributed by atoms with E-state index in [0.717, 1.165) is 19.4 Å². The van der Waals surface area contributed by atoms with E-state index in [9.17, 15) is 14.4 Å². The lowest BCUT2D eigenvalue weighted by Crippen LogP contribution is -2.47. The Morgan fingerprint density at radius 2 is 1.88 bits per heavy atom. The molecule has 1 saturated heterocycles. The van der Waals surface area contributed by atoms with E-state index in [2.05, 4.69) is 24.5 Å². The molecule has 0 aromatic carbocycles. The molecule has 0 saturated carbocycles. The molecule has 0 aromatic heterocycles. The molecular weight excluding hydrogens is 310 g/mol. The Labute approximate surface area is 144 Å². The topological polar surface area (TPSA) is 98.7 Å². The van der Waals surface area contributed by atoms with Crippen LogP contribution in [0.2, 0.25) is 0 Å². The maximum atomic E-state index is 12.1. The van der Waals surface area contributed by atoms with Gasteiger partial charge in [-0.1, -0.05) is 20.8 Å². The summed E-state index contributed by atoms with van der Waals surface area (Å²) in [6.45, 7) is 8.26. The SMILES string of the molecule is CC(C)CNC(=O)N1CCCC(CC(=O)NCC(C)CC(=O)O)C1. The van der Waals surface area contributed by atoms with Gasteiger partial charge in [-0.15, -0.1) is 0 Å². The van der Waals surface area contributed by atoms with Crippen molar-refractivity contribution in [2.24, 2.45) is 17.8 Å². The minimum Gasteiger partial charge on any atom is -0.481 e. The van der Waals surface area contributed by atoms with Crippen molar-refractivity contribution in [1.82, 2.24) is 15.5 Å². The molecule has 0 spiro atoms. The maximum absolute atomic E-state index is 12.1. The van der Waals surface area contributed by atoms with Crippen LogP contribution in [0.5, 0.6) is 0 Å². The molecule has 138 valence electrons. The number of carbonyl (C=O) groups excluding carboxylic acids is 2. The molecule has 7 nitrogen and oxygen atoms in total. The van der Waals surface area contributed by atoms with E-state index in [4.69, 9.17) is 5.11 Å². The lowest BCUT2D eigenvalue weighted by molar-refractivity contribution is -0.138. The lowest BCUT2D eigenvalue weighted by Gasteiger charge is -2.32. The summed E-state index contributed by atoms with van der Waals surface area (Å²) in [4.78, 5) is 36.5. The smallest absolute Gasteiger partial charge is 0.317 e. The molecule has 0 aromatic rings. The van der Waals surface area contributed by atoms with Gasteiger partial charge >= 0.3 is 12.0 Å². The van der Waals surface area contributed by atoms with Gasteiger partial charge in [0, 0.05) is 39.0 Å². The fourth-order valence-corrected chi connectivity index (χ4v) is 2.81. The first-order valence-electron chi connectivity index (χ1n) is 8.79. The predicted molar refractivity (Wildman–Crippen MR) is 91.6 cm³/mol. The van der Waals surface area contributed by atoms with Crippen molar-refractivity contribution >= 4 is 17.9 Å². The molecule has 0 aliphatic carbocycles. The molecule has 2 atom stereocenters. The quantitative estimate of drug-likeness (QED) is 0.625. The number of carbonyl (C=O) groups is 3. The first-order chi connectivity index (χ1) is 11.3. The number of rotatable bonds is 8. The van der Waals surface area contributed by atoms with E-state index in [0.29, 0.717) is 32.0 Å². The van der Waals surface area contributed by atoms with E-state index in [1.54, 1.807) is 11.8 Å². The first kappa shape index (κ1) is 20.3. The fraction of sp³-hybridized carbons (Fsp3) is 0.824. The summed E-state index contributed by atoms with van der Waals surface area (Å²) >= 11 is 0. The zero-order valence-electron chi connectivity index (χ0n) is 15.0. The molecule has 1 rings (SSSR count). The van der Waals surface area contributed by atoms with E-state index >= 15 is 0 Å². The molecule has 1 heterocycles. The largest absolute Gasteiger partial charge is 0.481 e. The van der Waals surface area contributed by atoms with Crippen LogP contribution in [0.3, 0.4) is 0 Å². The van der Waals surface area contributed by atoms with Crippen LogP contribution in [0.25, 0.3) is 0 Å². The Balaban J connectivity index is 2.32. The molecule has 1 fully saturated rings. The number of nitrogens with one attached hydrogen (secondary N) is 2. The van der Waals surface area contributed by atoms with Gasteiger partial charge in [-0.05, 0) is 30.6 Å². The number of carboxylic acids is 1. The molecule has 24 heavy (non-hydrogen) atoms. The first-order valence-corrected chi connectivity index (χ1v) is 8.79. The summed E-state index contributed by atoms with van der Waals surface area (Å²) in [5.74, 6) is -0.434. The Kier molecular flexibility index (Phi) is 8.57. The average Bonchev–Trinajstić information content (AvgIpc) is 2.50. The van der Waals surface area contributed by atoms with Gasteiger partial charge in [0.1, 0.15) is 0 Å². The van der Waals surface area contributed by atoms with Gasteiger partial charge in [-0.3, -0.25) is 9.59 Å². The van der Waals surface area contributed by atoms with Crippen molar-refractivity contribution in [3.8, 4) is 0 Å². The van der Waals surface area contributed by atoms with E-state index in [1.807, 2.05) is 0 Å². The number of aliphatic carboxylic acids is 1. The summed E-state index contributed by atoms with van der Waals surface area (Å²) in [5.41, 5.74) is 0. The van der Waals surface area contributed by atoms with Crippen LogP contribution in [0.1, 0.15) is 46.5 Å². The number of carboxylic acid groups (broad SMARTS) is 1. The van der Waals surface area contributed by atoms with Crippen LogP contribution in [0.4, 0.5) is 4.79 Å². The van der Waals surface area contributed by atoms with E-state index in [-0.39, 0.29) is 30.2 Å². The van der Waals surface area contributed by atoms with Gasteiger partial charge in [0.15, 0.2) is 0 Å². The van der Waals surface area contributed by atoms with Crippen molar-refractivity contribution in [2.45, 2.75) is 46.5 Å².